The second kappa shape index (κ2) is 6.79. The summed E-state index contributed by atoms with van der Waals surface area (Å²) in [6.45, 7) is 0.866. The van der Waals surface area contributed by atoms with Crippen LogP contribution in [0.3, 0.4) is 0 Å². The number of aromatic nitrogens is 4. The molecule has 2 aromatic carbocycles. The van der Waals surface area contributed by atoms with Gasteiger partial charge >= 0.3 is 6.09 Å². The first-order chi connectivity index (χ1) is 14.2. The molecule has 1 aliphatic rings. The Morgan fingerprint density at radius 3 is 2.66 bits per heavy atom. The molecule has 1 amide bonds. The van der Waals surface area contributed by atoms with E-state index in [2.05, 4.69) is 20.4 Å². The van der Waals surface area contributed by atoms with Gasteiger partial charge < -0.3 is 10.1 Å². The molecule has 1 saturated heterocycles. The Kier molecular flexibility index (Phi) is 3.98. The van der Waals surface area contributed by atoms with Crippen molar-refractivity contribution in [1.29, 1.82) is 0 Å². The first-order valence-electron chi connectivity index (χ1n) is 9.04. The van der Waals surface area contributed by atoms with Crippen molar-refractivity contribution in [3.8, 4) is 5.69 Å². The fraction of sp³-hybridized carbons (Fsp3) is 0.100. The van der Waals surface area contributed by atoms with Crippen molar-refractivity contribution in [2.24, 2.45) is 0 Å². The number of hydrogen-bond acceptors (Lipinski definition) is 6. The van der Waals surface area contributed by atoms with E-state index in [1.807, 2.05) is 48.5 Å². The van der Waals surface area contributed by atoms with Crippen LogP contribution in [-0.2, 0) is 4.74 Å². The number of nitrogens with zero attached hydrogens (tertiary/aromatic N) is 4. The number of fused-ring (bicyclic) bond motifs is 1. The van der Waals surface area contributed by atoms with Crippen LogP contribution in [0.2, 0.25) is 0 Å². The first-order valence-corrected chi connectivity index (χ1v) is 9.04. The molecule has 0 aliphatic carbocycles. The summed E-state index contributed by atoms with van der Waals surface area (Å²) < 4.78 is 6.60. The number of rotatable bonds is 4. The second-order valence-electron chi connectivity index (χ2n) is 6.49. The molecule has 2 aromatic heterocycles. The zero-order valence-corrected chi connectivity index (χ0v) is 15.2. The van der Waals surface area contributed by atoms with Crippen LogP contribution in [0.15, 0.2) is 65.6 Å². The number of amides is 1. The van der Waals surface area contributed by atoms with E-state index in [0.29, 0.717) is 35.6 Å². The van der Waals surface area contributed by atoms with Gasteiger partial charge in [0.25, 0.3) is 5.56 Å². The number of aromatic amines is 1. The average molecular weight is 388 g/mol. The van der Waals surface area contributed by atoms with Crippen LogP contribution in [0, 0.1) is 0 Å². The molecule has 0 radical (unpaired) electrons. The van der Waals surface area contributed by atoms with Crippen LogP contribution in [0.1, 0.15) is 0 Å². The van der Waals surface area contributed by atoms with Gasteiger partial charge in [0, 0.05) is 11.4 Å². The zero-order valence-electron chi connectivity index (χ0n) is 15.2. The van der Waals surface area contributed by atoms with Crippen molar-refractivity contribution in [3.63, 3.8) is 0 Å². The smallest absolute Gasteiger partial charge is 0.414 e. The number of carbonyl (C=O) groups is 1. The number of carbonyl (C=O) groups excluding carboxylic acids is 1. The maximum absolute atomic E-state index is 12.5. The minimum atomic E-state index is -0.373. The average Bonchev–Trinajstić information content (AvgIpc) is 3.35. The highest BCUT2D eigenvalue weighted by atomic mass is 16.6. The van der Waals surface area contributed by atoms with Gasteiger partial charge in [0.2, 0.25) is 5.95 Å². The van der Waals surface area contributed by atoms with Crippen molar-refractivity contribution in [1.82, 2.24) is 19.7 Å². The van der Waals surface area contributed by atoms with Crippen molar-refractivity contribution >= 4 is 34.4 Å². The molecule has 0 saturated carbocycles. The van der Waals surface area contributed by atoms with Gasteiger partial charge in [-0.25, -0.2) is 9.48 Å². The predicted molar refractivity (Wildman–Crippen MR) is 108 cm³/mol. The molecule has 29 heavy (non-hydrogen) atoms. The van der Waals surface area contributed by atoms with Crippen LogP contribution in [-0.4, -0.2) is 39.0 Å². The number of ether oxygens (including phenoxy) is 1. The third kappa shape index (κ3) is 3.08. The van der Waals surface area contributed by atoms with Gasteiger partial charge in [0.15, 0.2) is 5.65 Å². The molecule has 0 unspecified atom stereocenters. The number of para-hydroxylation sites is 1. The minimum Gasteiger partial charge on any atom is -0.447 e. The summed E-state index contributed by atoms with van der Waals surface area (Å²) in [6, 6.07) is 16.7. The molecule has 0 atom stereocenters. The quantitative estimate of drug-likeness (QED) is 0.557. The Morgan fingerprint density at radius 1 is 1.03 bits per heavy atom. The summed E-state index contributed by atoms with van der Waals surface area (Å²) in [5.74, 6) is 0.279. The summed E-state index contributed by atoms with van der Waals surface area (Å²) in [6.07, 6.45) is 1.12. The molecule has 3 heterocycles. The third-order valence-electron chi connectivity index (χ3n) is 4.62. The Bertz CT molecular complexity index is 1260. The standard InChI is InChI=1S/C20H16N6O3/c27-18-16-12-21-26(14-6-2-1-3-7-14)17(16)23-19(24-18)22-13-5-4-8-15(11-13)25-9-10-29-20(25)28/h1-8,11-12H,9-10H2,(H2,22,23,24,27). The second-order valence-corrected chi connectivity index (χ2v) is 6.49. The van der Waals surface area contributed by atoms with Crippen molar-refractivity contribution in [2.45, 2.75) is 0 Å². The van der Waals surface area contributed by atoms with Crippen LogP contribution < -0.4 is 15.8 Å². The lowest BCUT2D eigenvalue weighted by atomic mass is 10.2. The number of H-pyrrole nitrogens is 1. The van der Waals surface area contributed by atoms with E-state index < -0.39 is 0 Å². The fourth-order valence-corrected chi connectivity index (χ4v) is 3.25. The van der Waals surface area contributed by atoms with E-state index in [4.69, 9.17) is 4.74 Å². The van der Waals surface area contributed by atoms with E-state index in [1.165, 1.54) is 6.20 Å². The Labute approximate surface area is 164 Å². The highest BCUT2D eigenvalue weighted by Gasteiger charge is 2.23. The predicted octanol–water partition coefficient (Wildman–Crippen LogP) is 2.81. The molecule has 9 nitrogen and oxygen atoms in total. The molecule has 1 fully saturated rings. The molecule has 1 aliphatic heterocycles. The van der Waals surface area contributed by atoms with E-state index in [1.54, 1.807) is 15.6 Å². The van der Waals surface area contributed by atoms with Gasteiger partial charge in [0.1, 0.15) is 12.0 Å². The lowest BCUT2D eigenvalue weighted by Gasteiger charge is -2.14. The number of nitrogens with one attached hydrogen (secondary N) is 2. The fourth-order valence-electron chi connectivity index (χ4n) is 3.25. The lowest BCUT2D eigenvalue weighted by molar-refractivity contribution is 0.181. The lowest BCUT2D eigenvalue weighted by Crippen LogP contribution is -2.23. The van der Waals surface area contributed by atoms with Gasteiger partial charge in [-0.05, 0) is 30.3 Å². The molecular weight excluding hydrogens is 372 g/mol. The van der Waals surface area contributed by atoms with Crippen LogP contribution in [0.5, 0.6) is 0 Å². The number of anilines is 3. The largest absolute Gasteiger partial charge is 0.447 e. The van der Waals surface area contributed by atoms with Gasteiger partial charge in [-0.15, -0.1) is 0 Å². The summed E-state index contributed by atoms with van der Waals surface area (Å²) in [5.41, 5.74) is 2.34. The van der Waals surface area contributed by atoms with Crippen molar-refractivity contribution in [3.05, 3.63) is 71.1 Å². The molecule has 9 heteroatoms. The number of benzene rings is 2. The highest BCUT2D eigenvalue weighted by molar-refractivity contribution is 5.90. The van der Waals surface area contributed by atoms with Crippen LogP contribution >= 0.6 is 0 Å². The van der Waals surface area contributed by atoms with Crippen molar-refractivity contribution < 1.29 is 9.53 Å². The van der Waals surface area contributed by atoms with E-state index in [0.717, 1.165) is 5.69 Å². The minimum absolute atomic E-state index is 0.279. The van der Waals surface area contributed by atoms with E-state index in [-0.39, 0.29) is 17.6 Å². The van der Waals surface area contributed by atoms with Gasteiger partial charge in [-0.1, -0.05) is 24.3 Å². The van der Waals surface area contributed by atoms with Crippen molar-refractivity contribution in [2.75, 3.05) is 23.4 Å². The van der Waals surface area contributed by atoms with E-state index >= 15 is 0 Å². The summed E-state index contributed by atoms with van der Waals surface area (Å²) in [7, 11) is 0. The topological polar surface area (TPSA) is 105 Å². The molecule has 0 spiro atoms. The zero-order chi connectivity index (χ0) is 19.8. The first kappa shape index (κ1) is 17.0. The summed E-state index contributed by atoms with van der Waals surface area (Å²) in [4.78, 5) is 33.1. The van der Waals surface area contributed by atoms with Gasteiger partial charge in [0.05, 0.1) is 18.4 Å². The molecular formula is C20H16N6O3. The Morgan fingerprint density at radius 2 is 1.86 bits per heavy atom. The Hall–Kier alpha value is -4.14. The van der Waals surface area contributed by atoms with Gasteiger partial charge in [-0.3, -0.25) is 14.7 Å². The Balaban J connectivity index is 1.51. The number of cyclic esters (lactones) is 1. The molecule has 5 rings (SSSR count). The monoisotopic (exact) mass is 388 g/mol. The van der Waals surface area contributed by atoms with Gasteiger partial charge in [-0.2, -0.15) is 10.1 Å². The third-order valence-corrected chi connectivity index (χ3v) is 4.62. The molecule has 144 valence electrons. The maximum atomic E-state index is 12.5. The number of hydrogen-bond donors (Lipinski definition) is 2. The summed E-state index contributed by atoms with van der Waals surface area (Å²) in [5, 5.41) is 7.79. The molecule has 4 aromatic rings. The highest BCUT2D eigenvalue weighted by Crippen LogP contribution is 2.24. The maximum Gasteiger partial charge on any atom is 0.414 e. The molecule has 2 N–H and O–H groups in total. The van der Waals surface area contributed by atoms with E-state index in [9.17, 15) is 9.59 Å². The summed E-state index contributed by atoms with van der Waals surface area (Å²) >= 11 is 0. The normalized spacial score (nSPS) is 13.7. The molecule has 0 bridgehead atoms. The SMILES string of the molecule is O=C1OCCN1c1cccc(Nc2nc3c(cnn3-c3ccccc3)c(=O)[nH]2)c1. The van der Waals surface area contributed by atoms with Crippen LogP contribution in [0.25, 0.3) is 16.7 Å². The van der Waals surface area contributed by atoms with Crippen LogP contribution in [0.4, 0.5) is 22.1 Å².